The van der Waals surface area contributed by atoms with Crippen LogP contribution in [0.5, 0.6) is 0 Å². The van der Waals surface area contributed by atoms with E-state index < -0.39 is 149 Å². The normalized spacial score (nSPS) is 26.0. The molecule has 2 N–H and O–H groups in total. The quantitative estimate of drug-likeness (QED) is 0.256. The van der Waals surface area contributed by atoms with E-state index in [4.69, 9.17) is 5.29 Å². The SMILES string of the molecule is O=C(CC1(O)CC(=O)[O][Hg][O]C1=O)[O][Hg][O]C(=O)CC1(O)CC(=O)[O][Hg][O]C1=O. The molecular formula is C12H10Hg3O14. The van der Waals surface area contributed by atoms with Gasteiger partial charge in [-0.3, -0.25) is 0 Å². The Morgan fingerprint density at radius 1 is 0.828 bits per heavy atom. The van der Waals surface area contributed by atoms with Crippen LogP contribution in [0.1, 0.15) is 25.7 Å². The monoisotopic (exact) mass is 984 g/mol. The van der Waals surface area contributed by atoms with Gasteiger partial charge in [-0.2, -0.15) is 0 Å². The molecule has 2 fully saturated rings. The van der Waals surface area contributed by atoms with Crippen LogP contribution in [0.2, 0.25) is 0 Å². The topological polar surface area (TPSA) is 198 Å². The van der Waals surface area contributed by atoms with Crippen molar-refractivity contribution < 1.29 is 131 Å². The number of aliphatic hydroxyl groups is 2. The Hall–Kier alpha value is -0.455. The van der Waals surface area contributed by atoms with Gasteiger partial charge in [0.05, 0.1) is 0 Å². The number of carbonyl (C=O) groups excluding carboxylic acids is 6. The Balaban J connectivity index is 1.82. The minimum absolute atomic E-state index is 0.770. The van der Waals surface area contributed by atoms with E-state index >= 15 is 0 Å². The molecule has 0 aromatic heterocycles. The molecule has 29 heavy (non-hydrogen) atoms. The van der Waals surface area contributed by atoms with Crippen LogP contribution < -0.4 is 0 Å². The summed E-state index contributed by atoms with van der Waals surface area (Å²) in [6.45, 7) is 0. The van der Waals surface area contributed by atoms with Crippen molar-refractivity contribution in [2.45, 2.75) is 36.9 Å². The number of hydrogen-bond acceptors (Lipinski definition) is 14. The molecule has 2 aliphatic rings. The van der Waals surface area contributed by atoms with Gasteiger partial charge in [0.25, 0.3) is 0 Å². The van der Waals surface area contributed by atoms with Gasteiger partial charge in [-0.25, -0.2) is 0 Å². The molecule has 2 heterocycles. The van der Waals surface area contributed by atoms with Crippen LogP contribution in [0.3, 0.4) is 0 Å². The summed E-state index contributed by atoms with van der Waals surface area (Å²) < 4.78 is 28.2. The van der Waals surface area contributed by atoms with Gasteiger partial charge in [0, 0.05) is 0 Å². The van der Waals surface area contributed by atoms with E-state index in [0.717, 1.165) is 0 Å². The van der Waals surface area contributed by atoms with Crippen molar-refractivity contribution in [2.24, 2.45) is 0 Å². The van der Waals surface area contributed by atoms with Crippen LogP contribution in [-0.4, -0.2) is 57.2 Å². The maximum atomic E-state index is 11.8. The Morgan fingerprint density at radius 3 is 1.59 bits per heavy atom. The summed E-state index contributed by atoms with van der Waals surface area (Å²) in [7, 11) is 0. The van der Waals surface area contributed by atoms with E-state index in [-0.39, 0.29) is 0 Å². The zero-order valence-corrected chi connectivity index (χ0v) is 31.2. The fourth-order valence-corrected chi connectivity index (χ4v) is 9.54. The number of hydrogen-bond donors (Lipinski definition) is 2. The zero-order chi connectivity index (χ0) is 21.7. The summed E-state index contributed by atoms with van der Waals surface area (Å²) in [5, 5.41) is 20.3. The predicted octanol–water partition coefficient (Wildman–Crippen LogP) is -2.97. The van der Waals surface area contributed by atoms with Gasteiger partial charge in [-0.05, 0) is 0 Å². The third-order valence-corrected chi connectivity index (χ3v) is 13.6. The molecule has 148 valence electrons. The molecule has 17 heteroatoms. The summed E-state index contributed by atoms with van der Waals surface area (Å²) in [6, 6.07) is 0. The first kappa shape index (κ1) is 24.8. The molecule has 14 nitrogen and oxygen atoms in total. The van der Waals surface area contributed by atoms with E-state index in [1.54, 1.807) is 0 Å². The first-order chi connectivity index (χ1) is 13.5. The second kappa shape index (κ2) is 10.7. The van der Waals surface area contributed by atoms with Crippen LogP contribution in [0.4, 0.5) is 0 Å². The molecule has 2 atom stereocenters. The molecule has 0 amide bonds. The molecule has 0 spiro atoms. The van der Waals surface area contributed by atoms with Crippen molar-refractivity contribution in [3.63, 3.8) is 0 Å². The Labute approximate surface area is 202 Å². The van der Waals surface area contributed by atoms with Crippen molar-refractivity contribution >= 4 is 35.8 Å². The van der Waals surface area contributed by atoms with Crippen molar-refractivity contribution in [1.82, 2.24) is 0 Å². The second-order valence-corrected chi connectivity index (χ2v) is 15.5. The summed E-state index contributed by atoms with van der Waals surface area (Å²) >= 11 is -8.51. The van der Waals surface area contributed by atoms with Gasteiger partial charge >= 0.3 is 204 Å². The first-order valence-electron chi connectivity index (χ1n) is 7.96. The minimum atomic E-state index is -3.15. The van der Waals surface area contributed by atoms with Crippen molar-refractivity contribution in [2.75, 3.05) is 0 Å². The number of carbonyl (C=O) groups is 6. The molecule has 2 unspecified atom stereocenters. The molecule has 0 aromatic carbocycles. The van der Waals surface area contributed by atoms with Crippen molar-refractivity contribution in [1.29, 1.82) is 0 Å². The molecule has 0 aliphatic carbocycles. The first-order valence-corrected chi connectivity index (χ1v) is 21.4. The van der Waals surface area contributed by atoms with E-state index in [2.05, 4.69) is 10.6 Å². The third-order valence-electron chi connectivity index (χ3n) is 3.77. The number of rotatable bonds is 6. The summed E-state index contributed by atoms with van der Waals surface area (Å²) in [6.07, 6.45) is -3.34. The average molecular weight is 980 g/mol. The van der Waals surface area contributed by atoms with E-state index in [9.17, 15) is 39.0 Å². The molecule has 0 saturated carbocycles. The average Bonchev–Trinajstić information content (AvgIpc) is 2.80. The van der Waals surface area contributed by atoms with Gasteiger partial charge in [-0.15, -0.1) is 0 Å². The Kier molecular flexibility index (Phi) is 9.17. The van der Waals surface area contributed by atoms with Crippen molar-refractivity contribution in [3.05, 3.63) is 0 Å². The van der Waals surface area contributed by atoms with Crippen LogP contribution in [0, 0.1) is 0 Å². The molecule has 0 aromatic rings. The fraction of sp³-hybridized carbons (Fsp3) is 0.500. The van der Waals surface area contributed by atoms with Gasteiger partial charge in [0.15, 0.2) is 0 Å². The van der Waals surface area contributed by atoms with E-state index in [1.165, 1.54) is 0 Å². The third kappa shape index (κ3) is 7.32. The van der Waals surface area contributed by atoms with Gasteiger partial charge < -0.3 is 0 Å². The predicted molar refractivity (Wildman–Crippen MR) is 64.9 cm³/mol. The molecule has 2 aliphatic heterocycles. The molecule has 2 rings (SSSR count). The standard InChI is InChI=1S/2C6H8O7.3Hg/c2*7-3(8)1-6(13,5(11)12)2-4(9)10;;;/h2*13H,1-2H2,(H,7,8)(H,9,10)(H,11,12);;;/q;;3*+2/p-6. The van der Waals surface area contributed by atoms with Gasteiger partial charge in [0.2, 0.25) is 0 Å². The summed E-state index contributed by atoms with van der Waals surface area (Å²) in [5.74, 6) is -6.23. The van der Waals surface area contributed by atoms with Gasteiger partial charge in [0.1, 0.15) is 0 Å². The summed E-state index contributed by atoms with van der Waals surface area (Å²) in [5.41, 5.74) is -4.84. The zero-order valence-electron chi connectivity index (χ0n) is 14.7. The molecular weight excluding hydrogens is 970 g/mol. The molecule has 2 saturated heterocycles. The molecule has 0 bridgehead atoms. The van der Waals surface area contributed by atoms with Crippen LogP contribution >= 0.6 is 0 Å². The van der Waals surface area contributed by atoms with Crippen LogP contribution in [0.15, 0.2) is 0 Å². The van der Waals surface area contributed by atoms with Gasteiger partial charge in [-0.1, -0.05) is 0 Å². The Morgan fingerprint density at radius 2 is 1.21 bits per heavy atom. The summed E-state index contributed by atoms with van der Waals surface area (Å²) in [4.78, 5) is 69.8. The Bertz CT molecular complexity index is 679. The van der Waals surface area contributed by atoms with Crippen LogP contribution in [-0.2, 0) is 121 Å². The maximum absolute atomic E-state index is 11.8. The molecule has 0 radical (unpaired) electrons. The van der Waals surface area contributed by atoms with Crippen molar-refractivity contribution in [3.8, 4) is 0 Å². The fourth-order valence-electron chi connectivity index (χ4n) is 2.30. The second-order valence-electron chi connectivity index (χ2n) is 6.05. The van der Waals surface area contributed by atoms with Crippen LogP contribution in [0.25, 0.3) is 0 Å². The van der Waals surface area contributed by atoms with E-state index in [0.29, 0.717) is 0 Å². The van der Waals surface area contributed by atoms with E-state index in [1.807, 2.05) is 0 Å².